The molecule has 1 aromatic rings. The standard InChI is InChI=1S/C19H30/c1-14(2)17-12-9-13-18(15(3)4)19(17)16-10-7-5-6-8-11-16/h9,12-16H,5-8,10-11H2,1-4H3. The van der Waals surface area contributed by atoms with Gasteiger partial charge in [-0.2, -0.15) is 0 Å². The van der Waals surface area contributed by atoms with Crippen LogP contribution in [0.3, 0.4) is 0 Å². The van der Waals surface area contributed by atoms with E-state index in [1.807, 2.05) is 0 Å². The van der Waals surface area contributed by atoms with Gasteiger partial charge in [0.1, 0.15) is 0 Å². The summed E-state index contributed by atoms with van der Waals surface area (Å²) in [6, 6.07) is 7.01. The molecule has 1 aliphatic carbocycles. The molecule has 0 atom stereocenters. The van der Waals surface area contributed by atoms with Crippen molar-refractivity contribution in [2.24, 2.45) is 0 Å². The van der Waals surface area contributed by atoms with Gasteiger partial charge in [0.05, 0.1) is 0 Å². The van der Waals surface area contributed by atoms with Crippen LogP contribution in [0.1, 0.15) is 101 Å². The van der Waals surface area contributed by atoms with E-state index in [0.717, 1.165) is 5.92 Å². The lowest BCUT2D eigenvalue weighted by Gasteiger charge is -2.26. The van der Waals surface area contributed by atoms with E-state index < -0.39 is 0 Å². The Balaban J connectivity index is 2.44. The van der Waals surface area contributed by atoms with Crippen LogP contribution in [0, 0.1) is 0 Å². The Bertz CT molecular complexity index is 366. The van der Waals surface area contributed by atoms with Crippen molar-refractivity contribution in [3.63, 3.8) is 0 Å². The molecule has 0 N–H and O–H groups in total. The van der Waals surface area contributed by atoms with E-state index in [1.54, 1.807) is 16.7 Å². The predicted molar refractivity (Wildman–Crippen MR) is 85.1 cm³/mol. The highest BCUT2D eigenvalue weighted by Gasteiger charge is 2.22. The van der Waals surface area contributed by atoms with Gasteiger partial charge in [0.2, 0.25) is 0 Å². The largest absolute Gasteiger partial charge is 0.0617 e. The maximum Gasteiger partial charge on any atom is -0.0156 e. The Morgan fingerprint density at radius 1 is 0.789 bits per heavy atom. The zero-order chi connectivity index (χ0) is 13.8. The average molecular weight is 258 g/mol. The Morgan fingerprint density at radius 3 is 1.68 bits per heavy atom. The van der Waals surface area contributed by atoms with Crippen molar-refractivity contribution in [3.05, 3.63) is 34.9 Å². The summed E-state index contributed by atoms with van der Waals surface area (Å²) in [5.74, 6) is 2.12. The van der Waals surface area contributed by atoms with Gasteiger partial charge in [0, 0.05) is 0 Å². The Labute approximate surface area is 119 Å². The van der Waals surface area contributed by atoms with E-state index in [0.29, 0.717) is 11.8 Å². The fourth-order valence-corrected chi connectivity index (χ4v) is 3.65. The Morgan fingerprint density at radius 2 is 1.26 bits per heavy atom. The molecule has 0 radical (unpaired) electrons. The van der Waals surface area contributed by atoms with Crippen LogP contribution in [0.25, 0.3) is 0 Å². The van der Waals surface area contributed by atoms with E-state index in [-0.39, 0.29) is 0 Å². The van der Waals surface area contributed by atoms with Crippen LogP contribution in [-0.4, -0.2) is 0 Å². The number of hydrogen-bond acceptors (Lipinski definition) is 0. The molecule has 2 rings (SSSR count). The molecular formula is C19H30. The molecule has 1 fully saturated rings. The van der Waals surface area contributed by atoms with Crippen LogP contribution in [0.4, 0.5) is 0 Å². The van der Waals surface area contributed by atoms with E-state index >= 15 is 0 Å². The summed E-state index contributed by atoms with van der Waals surface area (Å²) in [5, 5.41) is 0. The van der Waals surface area contributed by atoms with Gasteiger partial charge < -0.3 is 0 Å². The Hall–Kier alpha value is -0.780. The van der Waals surface area contributed by atoms with Gasteiger partial charge in [-0.1, -0.05) is 71.6 Å². The van der Waals surface area contributed by atoms with Gasteiger partial charge in [0.15, 0.2) is 0 Å². The molecule has 0 aliphatic heterocycles. The van der Waals surface area contributed by atoms with Gasteiger partial charge in [-0.25, -0.2) is 0 Å². The van der Waals surface area contributed by atoms with Crippen LogP contribution in [-0.2, 0) is 0 Å². The summed E-state index contributed by atoms with van der Waals surface area (Å²) in [4.78, 5) is 0. The molecule has 0 bridgehead atoms. The molecule has 0 amide bonds. The average Bonchev–Trinajstić information content (AvgIpc) is 2.66. The first kappa shape index (κ1) is 14.6. The summed E-state index contributed by atoms with van der Waals surface area (Å²) < 4.78 is 0. The molecule has 0 heteroatoms. The van der Waals surface area contributed by atoms with Gasteiger partial charge in [-0.3, -0.25) is 0 Å². The van der Waals surface area contributed by atoms with E-state index in [4.69, 9.17) is 0 Å². The minimum atomic E-state index is 0.650. The zero-order valence-electron chi connectivity index (χ0n) is 13.2. The number of hydrogen-bond donors (Lipinski definition) is 0. The van der Waals surface area contributed by atoms with E-state index in [2.05, 4.69) is 45.9 Å². The second kappa shape index (κ2) is 6.59. The normalized spacial score (nSPS) is 18.0. The minimum absolute atomic E-state index is 0.650. The SMILES string of the molecule is CC(C)c1cccc(C(C)C)c1C1CCCCCC1. The summed E-state index contributed by atoms with van der Waals surface area (Å²) in [7, 11) is 0. The summed E-state index contributed by atoms with van der Waals surface area (Å²) in [6.07, 6.45) is 8.55. The Kier molecular flexibility index (Phi) is 5.07. The molecule has 0 heterocycles. The molecule has 0 unspecified atom stereocenters. The maximum absolute atomic E-state index is 2.37. The van der Waals surface area contributed by atoms with Crippen molar-refractivity contribution in [2.75, 3.05) is 0 Å². The molecule has 0 spiro atoms. The van der Waals surface area contributed by atoms with Crippen molar-refractivity contribution < 1.29 is 0 Å². The number of benzene rings is 1. The molecule has 1 saturated carbocycles. The molecule has 0 aromatic heterocycles. The van der Waals surface area contributed by atoms with E-state index in [1.165, 1.54) is 38.5 Å². The fourth-order valence-electron chi connectivity index (χ4n) is 3.65. The predicted octanol–water partition coefficient (Wildman–Crippen LogP) is 6.37. The van der Waals surface area contributed by atoms with Gasteiger partial charge >= 0.3 is 0 Å². The molecule has 0 saturated heterocycles. The molecule has 1 aliphatic rings. The molecule has 19 heavy (non-hydrogen) atoms. The molecule has 106 valence electrons. The first-order valence-electron chi connectivity index (χ1n) is 8.24. The highest BCUT2D eigenvalue weighted by Crippen LogP contribution is 2.39. The van der Waals surface area contributed by atoms with Crippen molar-refractivity contribution in [1.82, 2.24) is 0 Å². The smallest absolute Gasteiger partial charge is 0.0156 e. The first-order valence-corrected chi connectivity index (χ1v) is 8.24. The lowest BCUT2D eigenvalue weighted by molar-refractivity contribution is 0.573. The topological polar surface area (TPSA) is 0 Å². The van der Waals surface area contributed by atoms with Crippen LogP contribution in [0.2, 0.25) is 0 Å². The second-order valence-corrected chi connectivity index (χ2v) is 6.85. The quantitative estimate of drug-likeness (QED) is 0.552. The number of rotatable bonds is 3. The summed E-state index contributed by atoms with van der Waals surface area (Å²) >= 11 is 0. The van der Waals surface area contributed by atoms with Crippen LogP contribution in [0.15, 0.2) is 18.2 Å². The highest BCUT2D eigenvalue weighted by atomic mass is 14.3. The van der Waals surface area contributed by atoms with Crippen LogP contribution in [0.5, 0.6) is 0 Å². The molecule has 0 nitrogen and oxygen atoms in total. The monoisotopic (exact) mass is 258 g/mol. The van der Waals surface area contributed by atoms with Crippen LogP contribution >= 0.6 is 0 Å². The third kappa shape index (κ3) is 3.41. The van der Waals surface area contributed by atoms with Gasteiger partial charge in [-0.15, -0.1) is 0 Å². The van der Waals surface area contributed by atoms with Crippen molar-refractivity contribution in [3.8, 4) is 0 Å². The molecule has 1 aromatic carbocycles. The van der Waals surface area contributed by atoms with Gasteiger partial charge in [-0.05, 0) is 47.3 Å². The van der Waals surface area contributed by atoms with Crippen LogP contribution < -0.4 is 0 Å². The van der Waals surface area contributed by atoms with Crippen molar-refractivity contribution in [2.45, 2.75) is 84.0 Å². The third-order valence-electron chi connectivity index (χ3n) is 4.68. The van der Waals surface area contributed by atoms with Crippen molar-refractivity contribution >= 4 is 0 Å². The lowest BCUT2D eigenvalue weighted by atomic mass is 9.79. The maximum atomic E-state index is 2.37. The van der Waals surface area contributed by atoms with E-state index in [9.17, 15) is 0 Å². The first-order chi connectivity index (χ1) is 9.11. The lowest BCUT2D eigenvalue weighted by Crippen LogP contribution is -2.09. The summed E-state index contributed by atoms with van der Waals surface area (Å²) in [5.41, 5.74) is 4.94. The zero-order valence-corrected chi connectivity index (χ0v) is 13.2. The second-order valence-electron chi connectivity index (χ2n) is 6.85. The molecular weight excluding hydrogens is 228 g/mol. The highest BCUT2D eigenvalue weighted by molar-refractivity contribution is 5.41. The van der Waals surface area contributed by atoms with Gasteiger partial charge in [0.25, 0.3) is 0 Å². The fraction of sp³-hybridized carbons (Fsp3) is 0.684. The summed E-state index contributed by atoms with van der Waals surface area (Å²) in [6.45, 7) is 9.39. The van der Waals surface area contributed by atoms with Crippen molar-refractivity contribution in [1.29, 1.82) is 0 Å². The minimum Gasteiger partial charge on any atom is -0.0617 e. The third-order valence-corrected chi connectivity index (χ3v) is 4.68.